The first-order valence-electron chi connectivity index (χ1n) is 8.95. The predicted octanol–water partition coefficient (Wildman–Crippen LogP) is 4.39. The van der Waals surface area contributed by atoms with E-state index in [9.17, 15) is 4.79 Å². The first-order valence-corrected chi connectivity index (χ1v) is 9.32. The average molecular weight is 367 g/mol. The fraction of sp³-hybridized carbons (Fsp3) is 0.286. The van der Waals surface area contributed by atoms with Gasteiger partial charge < -0.3 is 14.6 Å². The molecule has 1 N–H and O–H groups in total. The number of nitrogens with zero attached hydrogens (tertiary/aromatic N) is 1. The van der Waals surface area contributed by atoms with Gasteiger partial charge in [-0.15, -0.1) is 0 Å². The standard InChI is InChI=1S/C21H19ClN2O2/c22-15-5-6-17-14(11-15)12-18(23-17)20(25)24-9-7-21(8-10-24)13-26-19-4-2-1-3-16(19)21/h1-6,11-12,23H,7-10,13H2. The highest BCUT2D eigenvalue weighted by molar-refractivity contribution is 6.31. The Labute approximate surface area is 156 Å². The lowest BCUT2D eigenvalue weighted by Crippen LogP contribution is -2.46. The van der Waals surface area contributed by atoms with Gasteiger partial charge in [0, 0.05) is 40.0 Å². The summed E-state index contributed by atoms with van der Waals surface area (Å²) in [5.41, 5.74) is 2.92. The fourth-order valence-electron chi connectivity index (χ4n) is 4.26. The van der Waals surface area contributed by atoms with Gasteiger partial charge in [-0.3, -0.25) is 4.79 Å². The van der Waals surface area contributed by atoms with Gasteiger partial charge in [0.05, 0.1) is 6.61 Å². The predicted molar refractivity (Wildman–Crippen MR) is 102 cm³/mol. The van der Waals surface area contributed by atoms with E-state index in [0.717, 1.165) is 49.2 Å². The van der Waals surface area contributed by atoms with Crippen LogP contribution >= 0.6 is 11.6 Å². The number of benzene rings is 2. The van der Waals surface area contributed by atoms with Crippen molar-refractivity contribution in [3.63, 3.8) is 0 Å². The molecule has 3 aromatic rings. The van der Waals surface area contributed by atoms with Crippen molar-refractivity contribution in [3.8, 4) is 5.75 Å². The van der Waals surface area contributed by atoms with Crippen LogP contribution in [0.5, 0.6) is 5.75 Å². The highest BCUT2D eigenvalue weighted by Gasteiger charge is 2.43. The van der Waals surface area contributed by atoms with Crippen LogP contribution in [0.15, 0.2) is 48.5 Å². The lowest BCUT2D eigenvalue weighted by atomic mass is 9.74. The van der Waals surface area contributed by atoms with Crippen LogP contribution in [0.3, 0.4) is 0 Å². The van der Waals surface area contributed by atoms with Gasteiger partial charge in [-0.1, -0.05) is 29.8 Å². The number of ether oxygens (including phenoxy) is 1. The maximum atomic E-state index is 12.9. The van der Waals surface area contributed by atoms with Crippen molar-refractivity contribution in [3.05, 3.63) is 64.8 Å². The normalized spacial score (nSPS) is 18.1. The second-order valence-corrected chi connectivity index (χ2v) is 7.71. The van der Waals surface area contributed by atoms with Crippen LogP contribution in [0.1, 0.15) is 28.9 Å². The number of carbonyl (C=O) groups excluding carboxylic acids is 1. The first-order chi connectivity index (χ1) is 12.6. The number of fused-ring (bicyclic) bond motifs is 3. The Morgan fingerprint density at radius 3 is 2.77 bits per heavy atom. The molecule has 5 heteroatoms. The smallest absolute Gasteiger partial charge is 0.270 e. The Hall–Kier alpha value is -2.46. The summed E-state index contributed by atoms with van der Waals surface area (Å²) in [4.78, 5) is 18.1. The number of nitrogens with one attached hydrogen (secondary N) is 1. The SMILES string of the molecule is O=C(c1cc2cc(Cl)ccc2[nH]1)N1CCC2(CC1)COc1ccccc12. The Kier molecular flexibility index (Phi) is 3.50. The number of H-pyrrole nitrogens is 1. The van der Waals surface area contributed by atoms with Crippen LogP contribution in [-0.4, -0.2) is 35.5 Å². The summed E-state index contributed by atoms with van der Waals surface area (Å²) in [6.45, 7) is 2.21. The summed E-state index contributed by atoms with van der Waals surface area (Å²) in [6.07, 6.45) is 1.86. The molecule has 1 aromatic heterocycles. The van der Waals surface area contributed by atoms with Crippen molar-refractivity contribution in [2.24, 2.45) is 0 Å². The Balaban J connectivity index is 1.36. The Morgan fingerprint density at radius 2 is 1.92 bits per heavy atom. The number of aromatic amines is 1. The summed E-state index contributed by atoms with van der Waals surface area (Å²) in [7, 11) is 0. The minimum atomic E-state index is 0.0550. The van der Waals surface area contributed by atoms with E-state index in [1.807, 2.05) is 41.3 Å². The molecule has 5 rings (SSSR count). The van der Waals surface area contributed by atoms with Crippen LogP contribution in [0, 0.1) is 0 Å². The third-order valence-corrected chi connectivity index (χ3v) is 6.02. The second-order valence-electron chi connectivity index (χ2n) is 7.27. The zero-order chi connectivity index (χ0) is 17.7. The molecule has 1 spiro atoms. The lowest BCUT2D eigenvalue weighted by Gasteiger charge is -2.38. The first kappa shape index (κ1) is 15.8. The van der Waals surface area contributed by atoms with Crippen LogP contribution < -0.4 is 4.74 Å². The number of para-hydroxylation sites is 1. The molecule has 4 nitrogen and oxygen atoms in total. The highest BCUT2D eigenvalue weighted by Crippen LogP contribution is 2.45. The number of hydrogen-bond donors (Lipinski definition) is 1. The van der Waals surface area contributed by atoms with Crippen LogP contribution in [0.4, 0.5) is 0 Å². The van der Waals surface area contributed by atoms with Crippen molar-refractivity contribution in [1.82, 2.24) is 9.88 Å². The summed E-state index contributed by atoms with van der Waals surface area (Å²) in [6, 6.07) is 15.8. The molecule has 26 heavy (non-hydrogen) atoms. The van der Waals surface area contributed by atoms with E-state index < -0.39 is 0 Å². The Bertz CT molecular complexity index is 1000. The number of likely N-dealkylation sites (tertiary alicyclic amines) is 1. The van der Waals surface area contributed by atoms with E-state index >= 15 is 0 Å². The van der Waals surface area contributed by atoms with Crippen LogP contribution in [0.2, 0.25) is 5.02 Å². The van der Waals surface area contributed by atoms with Gasteiger partial charge >= 0.3 is 0 Å². The molecular weight excluding hydrogens is 348 g/mol. The molecule has 0 unspecified atom stereocenters. The van der Waals surface area contributed by atoms with Crippen LogP contribution in [0.25, 0.3) is 10.9 Å². The highest BCUT2D eigenvalue weighted by atomic mass is 35.5. The molecule has 1 fully saturated rings. The summed E-state index contributed by atoms with van der Waals surface area (Å²) in [5, 5.41) is 1.64. The monoisotopic (exact) mass is 366 g/mol. The van der Waals surface area contributed by atoms with E-state index in [0.29, 0.717) is 10.7 Å². The van der Waals surface area contributed by atoms with Gasteiger partial charge in [0.25, 0.3) is 5.91 Å². The zero-order valence-corrected chi connectivity index (χ0v) is 15.1. The van der Waals surface area contributed by atoms with Crippen molar-refractivity contribution < 1.29 is 9.53 Å². The third kappa shape index (κ3) is 2.40. The minimum Gasteiger partial charge on any atom is -0.492 e. The summed E-state index contributed by atoms with van der Waals surface area (Å²) in [5.74, 6) is 1.05. The third-order valence-electron chi connectivity index (χ3n) is 5.78. The molecule has 3 heterocycles. The molecule has 1 saturated heterocycles. The summed E-state index contributed by atoms with van der Waals surface area (Å²) < 4.78 is 5.90. The van der Waals surface area contributed by atoms with Crippen molar-refractivity contribution in [1.29, 1.82) is 0 Å². The number of hydrogen-bond acceptors (Lipinski definition) is 2. The molecule has 132 valence electrons. The minimum absolute atomic E-state index is 0.0550. The fourth-order valence-corrected chi connectivity index (χ4v) is 4.45. The molecule has 0 saturated carbocycles. The maximum absolute atomic E-state index is 12.9. The number of halogens is 1. The van der Waals surface area contributed by atoms with E-state index in [4.69, 9.17) is 16.3 Å². The van der Waals surface area contributed by atoms with Gasteiger partial charge in [-0.05, 0) is 43.2 Å². The second kappa shape index (κ2) is 5.78. The van der Waals surface area contributed by atoms with E-state index in [-0.39, 0.29) is 11.3 Å². The Morgan fingerprint density at radius 1 is 1.12 bits per heavy atom. The summed E-state index contributed by atoms with van der Waals surface area (Å²) >= 11 is 6.05. The molecule has 2 aliphatic rings. The number of piperidine rings is 1. The molecule has 0 bridgehead atoms. The topological polar surface area (TPSA) is 45.3 Å². The average Bonchev–Trinajstić information content (AvgIpc) is 3.24. The maximum Gasteiger partial charge on any atom is 0.270 e. The van der Waals surface area contributed by atoms with Gasteiger partial charge in [0.2, 0.25) is 0 Å². The van der Waals surface area contributed by atoms with Crippen molar-refractivity contribution in [2.45, 2.75) is 18.3 Å². The lowest BCUT2D eigenvalue weighted by molar-refractivity contribution is 0.0642. The van der Waals surface area contributed by atoms with E-state index in [1.165, 1.54) is 5.56 Å². The molecule has 1 amide bonds. The molecule has 2 aromatic carbocycles. The van der Waals surface area contributed by atoms with Gasteiger partial charge in [-0.2, -0.15) is 0 Å². The molecule has 0 radical (unpaired) electrons. The molecule has 0 atom stereocenters. The molecular formula is C21H19ClN2O2. The van der Waals surface area contributed by atoms with Gasteiger partial charge in [-0.25, -0.2) is 0 Å². The molecule has 0 aliphatic carbocycles. The van der Waals surface area contributed by atoms with Gasteiger partial charge in [0.1, 0.15) is 11.4 Å². The molecule has 2 aliphatic heterocycles. The van der Waals surface area contributed by atoms with Gasteiger partial charge in [0.15, 0.2) is 0 Å². The van der Waals surface area contributed by atoms with E-state index in [2.05, 4.69) is 17.1 Å². The quantitative estimate of drug-likeness (QED) is 0.694. The van der Waals surface area contributed by atoms with Crippen LogP contribution in [-0.2, 0) is 5.41 Å². The number of rotatable bonds is 1. The largest absolute Gasteiger partial charge is 0.492 e. The van der Waals surface area contributed by atoms with Crippen molar-refractivity contribution >= 4 is 28.4 Å². The number of carbonyl (C=O) groups is 1. The van der Waals surface area contributed by atoms with Crippen molar-refractivity contribution in [2.75, 3.05) is 19.7 Å². The number of amides is 1. The zero-order valence-electron chi connectivity index (χ0n) is 14.3. The van der Waals surface area contributed by atoms with E-state index in [1.54, 1.807) is 0 Å². The number of aromatic nitrogens is 1.